The van der Waals surface area contributed by atoms with Crippen LogP contribution in [0.2, 0.25) is 5.02 Å². The summed E-state index contributed by atoms with van der Waals surface area (Å²) in [6.45, 7) is 2.79. The van der Waals surface area contributed by atoms with Gasteiger partial charge >= 0.3 is 0 Å². The molecule has 0 unspecified atom stereocenters. The molecule has 2 aliphatic rings. The maximum Gasteiger partial charge on any atom is 0.258 e. The Morgan fingerprint density at radius 3 is 2.96 bits per heavy atom. The molecule has 0 bridgehead atoms. The van der Waals surface area contributed by atoms with Crippen molar-refractivity contribution in [2.24, 2.45) is 0 Å². The third kappa shape index (κ3) is 2.43. The summed E-state index contributed by atoms with van der Waals surface area (Å²) in [5.74, 6) is -0.389. The number of nitrogens with one attached hydrogen (secondary N) is 1. The maximum absolute atomic E-state index is 14.1. The predicted octanol–water partition coefficient (Wildman–Crippen LogP) is 3.59. The van der Waals surface area contributed by atoms with Crippen LogP contribution in [0.5, 0.6) is 0 Å². The number of carbonyl (C=O) groups is 1. The smallest absolute Gasteiger partial charge is 0.258 e. The summed E-state index contributed by atoms with van der Waals surface area (Å²) >= 11 is 6.18. The van der Waals surface area contributed by atoms with Crippen LogP contribution < -0.4 is 0 Å². The van der Waals surface area contributed by atoms with E-state index in [0.29, 0.717) is 31.0 Å². The Bertz CT molecular complexity index is 797. The van der Waals surface area contributed by atoms with Crippen molar-refractivity contribution < 1.29 is 9.18 Å². The molecule has 4 rings (SSSR count). The van der Waals surface area contributed by atoms with Gasteiger partial charge in [0.1, 0.15) is 5.82 Å². The number of aromatic amines is 1. The Morgan fingerprint density at radius 1 is 1.43 bits per heavy atom. The molecule has 120 valence electrons. The van der Waals surface area contributed by atoms with Crippen LogP contribution in [0, 0.1) is 12.7 Å². The van der Waals surface area contributed by atoms with Crippen molar-refractivity contribution in [3.05, 3.63) is 51.1 Å². The van der Waals surface area contributed by atoms with E-state index in [1.54, 1.807) is 17.9 Å². The molecule has 0 atom stereocenters. The molecule has 0 saturated heterocycles. The highest BCUT2D eigenvalue weighted by atomic mass is 35.5. The number of H-pyrrole nitrogens is 1. The number of aryl methyl sites for hydroxylation is 1. The molecule has 6 heteroatoms. The Morgan fingerprint density at radius 2 is 2.22 bits per heavy atom. The largest absolute Gasteiger partial charge is 0.334 e. The maximum atomic E-state index is 14.1. The molecule has 1 fully saturated rings. The van der Waals surface area contributed by atoms with E-state index in [0.717, 1.165) is 29.8 Å². The molecule has 1 amide bonds. The lowest BCUT2D eigenvalue weighted by Crippen LogP contribution is -2.36. The first-order valence-corrected chi connectivity index (χ1v) is 8.24. The Kier molecular flexibility index (Phi) is 3.41. The Labute approximate surface area is 138 Å². The van der Waals surface area contributed by atoms with E-state index in [4.69, 9.17) is 11.6 Å². The van der Waals surface area contributed by atoms with Crippen LogP contribution >= 0.6 is 11.6 Å². The zero-order valence-electron chi connectivity index (χ0n) is 12.8. The van der Waals surface area contributed by atoms with Gasteiger partial charge in [-0.05, 0) is 31.4 Å². The molecule has 1 aromatic carbocycles. The minimum atomic E-state index is -0.564. The zero-order chi connectivity index (χ0) is 16.1. The second kappa shape index (κ2) is 5.34. The van der Waals surface area contributed by atoms with Crippen molar-refractivity contribution in [1.29, 1.82) is 0 Å². The summed E-state index contributed by atoms with van der Waals surface area (Å²) in [7, 11) is 0. The first kappa shape index (κ1) is 14.7. The van der Waals surface area contributed by atoms with Crippen molar-refractivity contribution in [1.82, 2.24) is 15.1 Å². The molecule has 1 aromatic heterocycles. The third-order valence-electron chi connectivity index (χ3n) is 4.71. The van der Waals surface area contributed by atoms with Crippen LogP contribution in [-0.2, 0) is 13.0 Å². The third-order valence-corrected chi connectivity index (χ3v) is 5.20. The lowest BCUT2D eigenvalue weighted by atomic mass is 10.0. The van der Waals surface area contributed by atoms with Gasteiger partial charge in [0.2, 0.25) is 0 Å². The van der Waals surface area contributed by atoms with E-state index in [1.807, 2.05) is 0 Å². The monoisotopic (exact) mass is 333 g/mol. The van der Waals surface area contributed by atoms with Crippen LogP contribution in [-0.4, -0.2) is 27.5 Å². The highest BCUT2D eigenvalue weighted by Gasteiger charge is 2.34. The van der Waals surface area contributed by atoms with E-state index >= 15 is 0 Å². The number of halogens is 2. The minimum Gasteiger partial charge on any atom is -0.334 e. The number of fused-ring (bicyclic) bond motifs is 1. The van der Waals surface area contributed by atoms with Gasteiger partial charge in [-0.25, -0.2) is 4.39 Å². The number of amides is 1. The Hall–Kier alpha value is -1.88. The van der Waals surface area contributed by atoms with Crippen LogP contribution in [0.4, 0.5) is 4.39 Å². The van der Waals surface area contributed by atoms with Gasteiger partial charge in [-0.15, -0.1) is 0 Å². The summed E-state index contributed by atoms with van der Waals surface area (Å²) in [5, 5.41) is 7.71. The molecular formula is C17H17ClFN3O. The summed E-state index contributed by atoms with van der Waals surface area (Å²) in [6.07, 6.45) is 3.03. The molecule has 2 heterocycles. The fraction of sp³-hybridized carbons (Fsp3) is 0.412. The Balaban J connectivity index is 1.66. The first-order valence-electron chi connectivity index (χ1n) is 7.86. The van der Waals surface area contributed by atoms with Gasteiger partial charge in [-0.1, -0.05) is 17.7 Å². The number of rotatable bonds is 2. The van der Waals surface area contributed by atoms with Crippen molar-refractivity contribution in [2.45, 2.75) is 38.6 Å². The number of carbonyl (C=O) groups excluding carboxylic acids is 1. The van der Waals surface area contributed by atoms with E-state index < -0.39 is 5.82 Å². The van der Waals surface area contributed by atoms with Crippen LogP contribution in [0.15, 0.2) is 12.1 Å². The highest BCUT2D eigenvalue weighted by molar-refractivity contribution is 6.34. The van der Waals surface area contributed by atoms with Gasteiger partial charge in [0.05, 0.1) is 16.3 Å². The van der Waals surface area contributed by atoms with Gasteiger partial charge in [0.25, 0.3) is 5.91 Å². The lowest BCUT2D eigenvalue weighted by Gasteiger charge is -2.28. The fourth-order valence-corrected chi connectivity index (χ4v) is 3.43. The molecule has 2 aromatic rings. The van der Waals surface area contributed by atoms with E-state index in [2.05, 4.69) is 10.2 Å². The molecule has 1 N–H and O–H groups in total. The molecule has 1 aliphatic carbocycles. The number of aromatic nitrogens is 2. The number of benzene rings is 1. The summed E-state index contributed by atoms with van der Waals surface area (Å²) in [5.41, 5.74) is 3.97. The summed E-state index contributed by atoms with van der Waals surface area (Å²) in [6, 6.07) is 2.89. The topological polar surface area (TPSA) is 49.0 Å². The molecule has 23 heavy (non-hydrogen) atoms. The molecule has 0 spiro atoms. The van der Waals surface area contributed by atoms with Crippen molar-refractivity contribution in [3.63, 3.8) is 0 Å². The van der Waals surface area contributed by atoms with Gasteiger partial charge in [-0.3, -0.25) is 9.89 Å². The first-order chi connectivity index (χ1) is 11.1. The molecular weight excluding hydrogens is 317 g/mol. The summed E-state index contributed by atoms with van der Waals surface area (Å²) in [4.78, 5) is 14.5. The standard InChI is InChI=1S/C17H17ClFN3O/c1-9-2-5-12(19)14(15(9)18)17(23)22-7-6-13-11(8-22)16(21-20-13)10-3-4-10/h2,5,10H,3-4,6-8H2,1H3,(H,20,21). The minimum absolute atomic E-state index is 0.0217. The van der Waals surface area contributed by atoms with Crippen molar-refractivity contribution in [3.8, 4) is 0 Å². The fourth-order valence-electron chi connectivity index (χ4n) is 3.20. The average molecular weight is 334 g/mol. The van der Waals surface area contributed by atoms with E-state index in [1.165, 1.54) is 6.07 Å². The van der Waals surface area contributed by atoms with Crippen molar-refractivity contribution >= 4 is 17.5 Å². The second-order valence-corrected chi connectivity index (χ2v) is 6.75. The SMILES string of the molecule is Cc1ccc(F)c(C(=O)N2CCc3[nH]nc(C4CC4)c3C2)c1Cl. The average Bonchev–Trinajstić information content (AvgIpc) is 3.30. The van der Waals surface area contributed by atoms with E-state index in [9.17, 15) is 9.18 Å². The number of nitrogens with zero attached hydrogens (tertiary/aromatic N) is 2. The normalized spacial score (nSPS) is 17.3. The molecule has 4 nitrogen and oxygen atoms in total. The van der Waals surface area contributed by atoms with Gasteiger partial charge in [0.15, 0.2) is 0 Å². The highest BCUT2D eigenvalue weighted by Crippen LogP contribution is 2.42. The lowest BCUT2D eigenvalue weighted by molar-refractivity contribution is 0.0729. The summed E-state index contributed by atoms with van der Waals surface area (Å²) < 4.78 is 14.1. The van der Waals surface area contributed by atoms with Crippen LogP contribution in [0.1, 0.15) is 51.6 Å². The second-order valence-electron chi connectivity index (χ2n) is 6.37. The van der Waals surface area contributed by atoms with Crippen LogP contribution in [0.3, 0.4) is 0 Å². The quantitative estimate of drug-likeness (QED) is 0.913. The van der Waals surface area contributed by atoms with Gasteiger partial charge < -0.3 is 4.90 Å². The number of hydrogen-bond acceptors (Lipinski definition) is 2. The predicted molar refractivity (Wildman–Crippen MR) is 85.2 cm³/mol. The van der Waals surface area contributed by atoms with E-state index in [-0.39, 0.29) is 16.5 Å². The van der Waals surface area contributed by atoms with Gasteiger partial charge in [0, 0.05) is 36.7 Å². The van der Waals surface area contributed by atoms with Crippen molar-refractivity contribution in [2.75, 3.05) is 6.54 Å². The zero-order valence-corrected chi connectivity index (χ0v) is 13.6. The molecule has 1 aliphatic heterocycles. The molecule has 0 radical (unpaired) electrons. The molecule has 1 saturated carbocycles. The van der Waals surface area contributed by atoms with Crippen LogP contribution in [0.25, 0.3) is 0 Å². The van der Waals surface area contributed by atoms with Gasteiger partial charge in [-0.2, -0.15) is 5.10 Å². The number of hydrogen-bond donors (Lipinski definition) is 1.